The zero-order valence-electron chi connectivity index (χ0n) is 14.0. The minimum atomic E-state index is 0.0549. The third-order valence-electron chi connectivity index (χ3n) is 4.57. The van der Waals surface area contributed by atoms with E-state index in [1.165, 1.54) is 5.56 Å². The van der Waals surface area contributed by atoms with Gasteiger partial charge in [0.15, 0.2) is 0 Å². The predicted molar refractivity (Wildman–Crippen MR) is 96.6 cm³/mol. The van der Waals surface area contributed by atoms with E-state index in [9.17, 15) is 4.79 Å². The summed E-state index contributed by atoms with van der Waals surface area (Å²) in [5, 5.41) is 3.03. The first kappa shape index (κ1) is 15.7. The molecule has 0 aliphatic carbocycles. The number of nitrogens with one attached hydrogen (secondary N) is 2. The SMILES string of the molecule is O=C(CCc1nc2ccccc2[nH]1)NCC1COc2ccccc2C1. The number of carbonyl (C=O) groups is 1. The minimum absolute atomic E-state index is 0.0549. The molecule has 5 nitrogen and oxygen atoms in total. The second-order valence-electron chi connectivity index (χ2n) is 6.49. The molecule has 3 aromatic rings. The van der Waals surface area contributed by atoms with Gasteiger partial charge in [-0.3, -0.25) is 4.79 Å². The third kappa shape index (κ3) is 3.65. The van der Waals surface area contributed by atoms with Crippen molar-refractivity contribution in [1.82, 2.24) is 15.3 Å². The zero-order chi connectivity index (χ0) is 17.1. The Bertz CT molecular complexity index is 854. The molecular formula is C20H21N3O2. The van der Waals surface area contributed by atoms with Gasteiger partial charge in [-0.1, -0.05) is 30.3 Å². The van der Waals surface area contributed by atoms with E-state index in [0.717, 1.165) is 29.0 Å². The molecule has 0 spiro atoms. The minimum Gasteiger partial charge on any atom is -0.493 e. The molecule has 1 amide bonds. The Morgan fingerprint density at radius 2 is 2.04 bits per heavy atom. The van der Waals surface area contributed by atoms with Crippen LogP contribution in [0.3, 0.4) is 0 Å². The molecule has 0 saturated heterocycles. The number of para-hydroxylation sites is 3. The Hall–Kier alpha value is -2.82. The molecule has 2 aromatic carbocycles. The van der Waals surface area contributed by atoms with Crippen LogP contribution in [0.4, 0.5) is 0 Å². The highest BCUT2D eigenvalue weighted by atomic mass is 16.5. The molecule has 128 valence electrons. The fraction of sp³-hybridized carbons (Fsp3) is 0.300. The van der Waals surface area contributed by atoms with Crippen LogP contribution in [0.1, 0.15) is 17.8 Å². The number of ether oxygens (including phenoxy) is 1. The van der Waals surface area contributed by atoms with Crippen molar-refractivity contribution in [2.45, 2.75) is 19.3 Å². The van der Waals surface area contributed by atoms with Gasteiger partial charge in [-0.05, 0) is 30.2 Å². The van der Waals surface area contributed by atoms with Crippen LogP contribution < -0.4 is 10.1 Å². The van der Waals surface area contributed by atoms with E-state index in [2.05, 4.69) is 21.4 Å². The summed E-state index contributed by atoms with van der Waals surface area (Å²) >= 11 is 0. The highest BCUT2D eigenvalue weighted by Crippen LogP contribution is 2.26. The number of imidazole rings is 1. The summed E-state index contributed by atoms with van der Waals surface area (Å²) in [6, 6.07) is 16.0. The lowest BCUT2D eigenvalue weighted by atomic mass is 9.97. The number of fused-ring (bicyclic) bond motifs is 2. The maximum atomic E-state index is 12.1. The van der Waals surface area contributed by atoms with E-state index in [0.29, 0.717) is 31.9 Å². The average molecular weight is 335 g/mol. The lowest BCUT2D eigenvalue weighted by Gasteiger charge is -2.25. The van der Waals surface area contributed by atoms with Crippen molar-refractivity contribution >= 4 is 16.9 Å². The summed E-state index contributed by atoms with van der Waals surface area (Å²) in [7, 11) is 0. The highest BCUT2D eigenvalue weighted by molar-refractivity contribution is 5.77. The van der Waals surface area contributed by atoms with Crippen LogP contribution in [0.2, 0.25) is 0 Å². The Labute approximate surface area is 146 Å². The van der Waals surface area contributed by atoms with Gasteiger partial charge in [0.25, 0.3) is 0 Å². The number of hydrogen-bond donors (Lipinski definition) is 2. The number of H-pyrrole nitrogens is 1. The van der Waals surface area contributed by atoms with Crippen molar-refractivity contribution in [2.24, 2.45) is 5.92 Å². The lowest BCUT2D eigenvalue weighted by molar-refractivity contribution is -0.121. The summed E-state index contributed by atoms with van der Waals surface area (Å²) < 4.78 is 5.77. The smallest absolute Gasteiger partial charge is 0.220 e. The number of aryl methyl sites for hydroxylation is 1. The second kappa shape index (κ2) is 6.97. The predicted octanol–water partition coefficient (Wildman–Crippen LogP) is 2.86. The molecule has 25 heavy (non-hydrogen) atoms. The number of amides is 1. The fourth-order valence-corrected chi connectivity index (χ4v) is 3.22. The van der Waals surface area contributed by atoms with Crippen molar-refractivity contribution in [3.05, 3.63) is 59.9 Å². The van der Waals surface area contributed by atoms with E-state index < -0.39 is 0 Å². The van der Waals surface area contributed by atoms with Gasteiger partial charge in [0.2, 0.25) is 5.91 Å². The highest BCUT2D eigenvalue weighted by Gasteiger charge is 2.19. The molecule has 4 rings (SSSR count). The van der Waals surface area contributed by atoms with Gasteiger partial charge in [0.05, 0.1) is 17.6 Å². The molecule has 0 bridgehead atoms. The molecule has 1 aromatic heterocycles. The van der Waals surface area contributed by atoms with Gasteiger partial charge in [0, 0.05) is 25.3 Å². The average Bonchev–Trinajstić information content (AvgIpc) is 3.07. The first-order chi connectivity index (χ1) is 12.3. The molecule has 1 atom stereocenters. The first-order valence-electron chi connectivity index (χ1n) is 8.69. The van der Waals surface area contributed by atoms with Crippen LogP contribution in [0.5, 0.6) is 5.75 Å². The van der Waals surface area contributed by atoms with Gasteiger partial charge in [-0.25, -0.2) is 4.98 Å². The first-order valence-corrected chi connectivity index (χ1v) is 8.69. The van der Waals surface area contributed by atoms with E-state index in [4.69, 9.17) is 4.74 Å². The molecule has 2 heterocycles. The van der Waals surface area contributed by atoms with Crippen molar-refractivity contribution < 1.29 is 9.53 Å². The van der Waals surface area contributed by atoms with Gasteiger partial charge < -0.3 is 15.0 Å². The topological polar surface area (TPSA) is 67.0 Å². The monoisotopic (exact) mass is 335 g/mol. The van der Waals surface area contributed by atoms with Crippen LogP contribution >= 0.6 is 0 Å². The summed E-state index contributed by atoms with van der Waals surface area (Å²) in [6.07, 6.45) is 1.99. The number of aromatic nitrogens is 2. The zero-order valence-corrected chi connectivity index (χ0v) is 14.0. The molecule has 1 unspecified atom stereocenters. The second-order valence-corrected chi connectivity index (χ2v) is 6.49. The molecule has 0 radical (unpaired) electrons. The van der Waals surface area contributed by atoms with E-state index >= 15 is 0 Å². The maximum absolute atomic E-state index is 12.1. The number of nitrogens with zero attached hydrogens (tertiary/aromatic N) is 1. The summed E-state index contributed by atoms with van der Waals surface area (Å²) in [5.41, 5.74) is 3.17. The summed E-state index contributed by atoms with van der Waals surface area (Å²) in [6.45, 7) is 1.30. The molecular weight excluding hydrogens is 314 g/mol. The van der Waals surface area contributed by atoms with E-state index in [1.807, 2.05) is 42.5 Å². The van der Waals surface area contributed by atoms with Crippen molar-refractivity contribution in [3.8, 4) is 5.75 Å². The Balaban J connectivity index is 1.25. The van der Waals surface area contributed by atoms with Gasteiger partial charge >= 0.3 is 0 Å². The summed E-state index contributed by atoms with van der Waals surface area (Å²) in [5.74, 6) is 2.20. The van der Waals surface area contributed by atoms with Crippen LogP contribution in [0.15, 0.2) is 48.5 Å². The number of carbonyl (C=O) groups excluding carboxylic acids is 1. The normalized spacial score (nSPS) is 16.2. The largest absolute Gasteiger partial charge is 0.493 e. The van der Waals surface area contributed by atoms with E-state index in [1.54, 1.807) is 0 Å². The standard InChI is InChI=1S/C20H21N3O2/c24-20(10-9-19-22-16-6-2-3-7-17(16)23-19)21-12-14-11-15-5-1-4-8-18(15)25-13-14/h1-8,14H,9-13H2,(H,21,24)(H,22,23). The van der Waals surface area contributed by atoms with Crippen LogP contribution in [0.25, 0.3) is 11.0 Å². The van der Waals surface area contributed by atoms with Gasteiger partial charge in [-0.15, -0.1) is 0 Å². The number of benzene rings is 2. The third-order valence-corrected chi connectivity index (χ3v) is 4.57. The molecule has 0 fully saturated rings. The quantitative estimate of drug-likeness (QED) is 0.753. The van der Waals surface area contributed by atoms with Crippen LogP contribution in [0, 0.1) is 5.92 Å². The number of hydrogen-bond acceptors (Lipinski definition) is 3. The van der Waals surface area contributed by atoms with Gasteiger partial charge in [-0.2, -0.15) is 0 Å². The molecule has 5 heteroatoms. The van der Waals surface area contributed by atoms with Crippen molar-refractivity contribution in [1.29, 1.82) is 0 Å². The Morgan fingerprint density at radius 1 is 1.20 bits per heavy atom. The molecule has 2 N–H and O–H groups in total. The number of aromatic amines is 1. The van der Waals surface area contributed by atoms with Crippen molar-refractivity contribution in [2.75, 3.05) is 13.2 Å². The van der Waals surface area contributed by atoms with Gasteiger partial charge in [0.1, 0.15) is 11.6 Å². The number of rotatable bonds is 5. The molecule has 1 aliphatic heterocycles. The Morgan fingerprint density at radius 3 is 2.96 bits per heavy atom. The maximum Gasteiger partial charge on any atom is 0.220 e. The van der Waals surface area contributed by atoms with Crippen LogP contribution in [-0.2, 0) is 17.6 Å². The van der Waals surface area contributed by atoms with E-state index in [-0.39, 0.29) is 5.91 Å². The van der Waals surface area contributed by atoms with Crippen LogP contribution in [-0.4, -0.2) is 29.0 Å². The lowest BCUT2D eigenvalue weighted by Crippen LogP contribution is -2.34. The molecule has 1 aliphatic rings. The summed E-state index contributed by atoms with van der Waals surface area (Å²) in [4.78, 5) is 19.9. The fourth-order valence-electron chi connectivity index (χ4n) is 3.22. The van der Waals surface area contributed by atoms with Crippen molar-refractivity contribution in [3.63, 3.8) is 0 Å². The molecule has 0 saturated carbocycles. The Kier molecular flexibility index (Phi) is 4.37.